The normalized spacial score (nSPS) is 15.6. The van der Waals surface area contributed by atoms with E-state index in [0.29, 0.717) is 22.8 Å². The largest absolute Gasteiger partial charge is 0.494 e. The number of carbonyl (C=O) groups excluding carboxylic acids is 1. The van der Waals surface area contributed by atoms with Gasteiger partial charge >= 0.3 is 0 Å². The molecule has 0 saturated carbocycles. The number of ether oxygens (including phenoxy) is 3. The van der Waals surface area contributed by atoms with E-state index in [2.05, 4.69) is 5.10 Å². The minimum atomic E-state index is -0.583. The number of hydrogen-bond donors (Lipinski definition) is 1. The van der Waals surface area contributed by atoms with Crippen LogP contribution in [0, 0.1) is 4.77 Å². The van der Waals surface area contributed by atoms with Crippen molar-refractivity contribution < 1.29 is 24.1 Å². The molecule has 0 saturated heterocycles. The summed E-state index contributed by atoms with van der Waals surface area (Å²) in [6.07, 6.45) is 0.172. The lowest BCUT2D eigenvalue weighted by molar-refractivity contribution is -0.130. The maximum atomic E-state index is 12.9. The third-order valence-corrected chi connectivity index (χ3v) is 5.80. The van der Waals surface area contributed by atoms with Crippen molar-refractivity contribution in [3.63, 3.8) is 0 Å². The van der Waals surface area contributed by atoms with Crippen molar-refractivity contribution in [1.82, 2.24) is 14.1 Å². The highest BCUT2D eigenvalue weighted by Crippen LogP contribution is 2.46. The van der Waals surface area contributed by atoms with Gasteiger partial charge in [0.1, 0.15) is 5.56 Å². The van der Waals surface area contributed by atoms with Crippen LogP contribution in [0.15, 0.2) is 22.0 Å². The Labute approximate surface area is 183 Å². The van der Waals surface area contributed by atoms with Crippen molar-refractivity contribution in [3.8, 4) is 23.1 Å². The highest BCUT2D eigenvalue weighted by atomic mass is 32.1. The maximum absolute atomic E-state index is 12.9. The van der Waals surface area contributed by atoms with E-state index in [9.17, 15) is 14.7 Å². The number of benzene rings is 1. The van der Waals surface area contributed by atoms with E-state index in [1.165, 1.54) is 49.4 Å². The second-order valence-electron chi connectivity index (χ2n) is 6.96. The Hall–Kier alpha value is -3.34. The van der Waals surface area contributed by atoms with E-state index < -0.39 is 11.6 Å². The van der Waals surface area contributed by atoms with Gasteiger partial charge in [-0.1, -0.05) is 0 Å². The van der Waals surface area contributed by atoms with Gasteiger partial charge in [0.2, 0.25) is 17.5 Å². The summed E-state index contributed by atoms with van der Waals surface area (Å²) in [6.45, 7) is 1.37. The summed E-state index contributed by atoms with van der Waals surface area (Å²) >= 11 is 5.17. The second-order valence-corrected chi connectivity index (χ2v) is 7.32. The molecule has 1 aromatic heterocycles. The fourth-order valence-corrected chi connectivity index (χ4v) is 3.84. The van der Waals surface area contributed by atoms with E-state index in [1.807, 2.05) is 0 Å². The van der Waals surface area contributed by atoms with Gasteiger partial charge in [0.05, 0.1) is 33.1 Å². The van der Waals surface area contributed by atoms with Gasteiger partial charge in [-0.15, -0.1) is 0 Å². The molecule has 1 aromatic carbocycles. The minimum absolute atomic E-state index is 0.00760. The Balaban J connectivity index is 2.19. The molecule has 0 spiro atoms. The summed E-state index contributed by atoms with van der Waals surface area (Å²) in [5.41, 5.74) is 0.380. The van der Waals surface area contributed by atoms with Crippen molar-refractivity contribution in [2.24, 2.45) is 19.2 Å². The van der Waals surface area contributed by atoms with Gasteiger partial charge in [-0.05, 0) is 24.4 Å². The third kappa shape index (κ3) is 3.54. The topological polar surface area (TPSA) is 108 Å². The van der Waals surface area contributed by atoms with Crippen LogP contribution in [0.25, 0.3) is 0 Å². The molecule has 0 radical (unpaired) electrons. The van der Waals surface area contributed by atoms with Crippen LogP contribution in [0.1, 0.15) is 30.5 Å². The van der Waals surface area contributed by atoms with Gasteiger partial charge in [0, 0.05) is 33.0 Å². The highest BCUT2D eigenvalue weighted by Gasteiger charge is 2.37. The summed E-state index contributed by atoms with van der Waals surface area (Å²) in [5, 5.41) is 16.3. The number of hydrogen-bond acceptors (Lipinski definition) is 8. The Morgan fingerprint density at radius 1 is 1.13 bits per heavy atom. The molecule has 166 valence electrons. The molecule has 31 heavy (non-hydrogen) atoms. The number of aromatic hydroxyl groups is 1. The molecule has 2 heterocycles. The lowest BCUT2D eigenvalue weighted by atomic mass is 9.97. The summed E-state index contributed by atoms with van der Waals surface area (Å²) in [7, 11) is 7.55. The maximum Gasteiger partial charge on any atom is 0.267 e. The first-order valence-electron chi connectivity index (χ1n) is 9.33. The average molecular weight is 449 g/mol. The summed E-state index contributed by atoms with van der Waals surface area (Å²) in [5.74, 6) is 0.585. The van der Waals surface area contributed by atoms with Crippen LogP contribution in [0.5, 0.6) is 23.1 Å². The Morgan fingerprint density at radius 3 is 2.32 bits per heavy atom. The van der Waals surface area contributed by atoms with E-state index in [-0.39, 0.29) is 34.3 Å². The summed E-state index contributed by atoms with van der Waals surface area (Å²) < 4.78 is 19.1. The Kier molecular flexibility index (Phi) is 6.07. The molecule has 1 amide bonds. The standard InChI is InChI=1S/C20H24N4O6S/c1-10(25)24-13(11-7-8-14(28-4)17(30-6)16(11)29-5)9-12(21-24)15-18(26)22(2)20(31)23(3)19(15)27/h7-8,13,26H,9H2,1-6H3. The number of amides is 1. The van der Waals surface area contributed by atoms with Gasteiger partial charge in [0.15, 0.2) is 16.3 Å². The van der Waals surface area contributed by atoms with Crippen LogP contribution in [0.4, 0.5) is 0 Å². The van der Waals surface area contributed by atoms with Gasteiger partial charge in [-0.3, -0.25) is 18.7 Å². The first-order valence-corrected chi connectivity index (χ1v) is 9.74. The Bertz CT molecular complexity index is 1200. The molecular formula is C20H24N4O6S. The monoisotopic (exact) mass is 448 g/mol. The molecule has 1 aliphatic rings. The molecular weight excluding hydrogens is 424 g/mol. The SMILES string of the molecule is COc1ccc(C2CC(c3c(O)n(C)c(=S)n(C)c3=O)=NN2C(C)=O)c(OC)c1OC. The van der Waals surface area contributed by atoms with Gasteiger partial charge in [-0.25, -0.2) is 5.01 Å². The predicted octanol–water partition coefficient (Wildman–Crippen LogP) is 1.88. The lowest BCUT2D eigenvalue weighted by Crippen LogP contribution is -2.28. The average Bonchev–Trinajstić information content (AvgIpc) is 3.20. The second kappa shape index (κ2) is 8.42. The smallest absolute Gasteiger partial charge is 0.267 e. The van der Waals surface area contributed by atoms with Crippen LogP contribution in [0.3, 0.4) is 0 Å². The van der Waals surface area contributed by atoms with Crippen LogP contribution in [-0.2, 0) is 18.9 Å². The Morgan fingerprint density at radius 2 is 1.77 bits per heavy atom. The lowest BCUT2D eigenvalue weighted by Gasteiger charge is -2.24. The molecule has 0 fully saturated rings. The molecule has 0 aliphatic carbocycles. The van der Waals surface area contributed by atoms with Crippen LogP contribution < -0.4 is 19.8 Å². The first kappa shape index (κ1) is 22.3. The van der Waals surface area contributed by atoms with Crippen molar-refractivity contribution in [3.05, 3.63) is 38.4 Å². The molecule has 11 heteroatoms. The molecule has 2 aromatic rings. The van der Waals surface area contributed by atoms with Crippen LogP contribution in [-0.4, -0.2) is 52.2 Å². The number of methoxy groups -OCH3 is 3. The van der Waals surface area contributed by atoms with Crippen molar-refractivity contribution >= 4 is 23.8 Å². The van der Waals surface area contributed by atoms with E-state index in [1.54, 1.807) is 19.2 Å². The first-order chi connectivity index (χ1) is 14.7. The number of rotatable bonds is 5. The van der Waals surface area contributed by atoms with E-state index in [4.69, 9.17) is 26.4 Å². The number of carbonyl (C=O) groups is 1. The van der Waals surface area contributed by atoms with Crippen molar-refractivity contribution in [2.75, 3.05) is 21.3 Å². The minimum Gasteiger partial charge on any atom is -0.494 e. The van der Waals surface area contributed by atoms with Gasteiger partial charge in [-0.2, -0.15) is 5.10 Å². The van der Waals surface area contributed by atoms with Gasteiger partial charge < -0.3 is 19.3 Å². The third-order valence-electron chi connectivity index (χ3n) is 5.25. The molecule has 1 unspecified atom stereocenters. The summed E-state index contributed by atoms with van der Waals surface area (Å²) in [4.78, 5) is 25.2. The van der Waals surface area contributed by atoms with Crippen LogP contribution >= 0.6 is 12.2 Å². The molecule has 1 aliphatic heterocycles. The number of hydrazone groups is 1. The zero-order valence-electron chi connectivity index (χ0n) is 18.1. The summed E-state index contributed by atoms with van der Waals surface area (Å²) in [6, 6.07) is 2.87. The highest BCUT2D eigenvalue weighted by molar-refractivity contribution is 7.71. The van der Waals surface area contributed by atoms with Crippen LogP contribution in [0.2, 0.25) is 0 Å². The van der Waals surface area contributed by atoms with Crippen molar-refractivity contribution in [2.45, 2.75) is 19.4 Å². The molecule has 1 N–H and O–H groups in total. The fourth-order valence-electron chi connectivity index (χ4n) is 3.67. The fraction of sp³-hybridized carbons (Fsp3) is 0.400. The van der Waals surface area contributed by atoms with Gasteiger partial charge in [0.25, 0.3) is 5.56 Å². The number of nitrogens with zero attached hydrogens (tertiary/aromatic N) is 4. The van der Waals surface area contributed by atoms with E-state index >= 15 is 0 Å². The van der Waals surface area contributed by atoms with Crippen molar-refractivity contribution in [1.29, 1.82) is 0 Å². The number of aromatic nitrogens is 2. The predicted molar refractivity (Wildman–Crippen MR) is 116 cm³/mol. The quantitative estimate of drug-likeness (QED) is 0.696. The molecule has 1 atom stereocenters. The zero-order valence-corrected chi connectivity index (χ0v) is 18.9. The zero-order chi connectivity index (χ0) is 23.0. The van der Waals surface area contributed by atoms with E-state index in [0.717, 1.165) is 0 Å². The molecule has 3 rings (SSSR count). The molecule has 0 bridgehead atoms. The molecule has 10 nitrogen and oxygen atoms in total.